The van der Waals surface area contributed by atoms with E-state index in [9.17, 15) is 9.18 Å². The fraction of sp³-hybridized carbons (Fsp3) is 0.562. The van der Waals surface area contributed by atoms with Gasteiger partial charge in [0, 0.05) is 19.6 Å². The van der Waals surface area contributed by atoms with Crippen LogP contribution in [-0.2, 0) is 6.54 Å². The van der Waals surface area contributed by atoms with Crippen LogP contribution in [0.1, 0.15) is 45.1 Å². The molecule has 1 N–H and O–H groups in total. The van der Waals surface area contributed by atoms with Gasteiger partial charge < -0.3 is 10.2 Å². The van der Waals surface area contributed by atoms with Crippen molar-refractivity contribution in [3.8, 4) is 0 Å². The van der Waals surface area contributed by atoms with Crippen molar-refractivity contribution in [3.63, 3.8) is 0 Å². The molecule has 1 aromatic rings. The fourth-order valence-corrected chi connectivity index (χ4v) is 2.03. The molecular weight excluding hydrogens is 255 g/mol. The topological polar surface area (TPSA) is 32.3 Å². The standard InChI is InChI=1S/C16H25FN2O/c1-4-5-6-7-13(2)18-16(20)19(3)12-14-8-10-15(17)11-9-14/h8-11,13H,4-7,12H2,1-3H3,(H,18,20). The molecule has 0 aliphatic carbocycles. The Morgan fingerprint density at radius 3 is 2.55 bits per heavy atom. The number of carbonyl (C=O) groups is 1. The zero-order chi connectivity index (χ0) is 15.0. The summed E-state index contributed by atoms with van der Waals surface area (Å²) < 4.78 is 12.8. The number of nitrogens with zero attached hydrogens (tertiary/aromatic N) is 1. The van der Waals surface area contributed by atoms with E-state index in [0.29, 0.717) is 6.54 Å². The van der Waals surface area contributed by atoms with Crippen LogP contribution < -0.4 is 5.32 Å². The minimum Gasteiger partial charge on any atom is -0.336 e. The van der Waals surface area contributed by atoms with E-state index in [1.165, 1.54) is 25.0 Å². The summed E-state index contributed by atoms with van der Waals surface area (Å²) >= 11 is 0. The lowest BCUT2D eigenvalue weighted by Crippen LogP contribution is -2.41. The Morgan fingerprint density at radius 1 is 1.30 bits per heavy atom. The zero-order valence-electron chi connectivity index (χ0n) is 12.7. The van der Waals surface area contributed by atoms with E-state index in [1.807, 2.05) is 6.92 Å². The number of hydrogen-bond acceptors (Lipinski definition) is 1. The van der Waals surface area contributed by atoms with E-state index in [-0.39, 0.29) is 17.9 Å². The van der Waals surface area contributed by atoms with Gasteiger partial charge in [-0.05, 0) is 31.0 Å². The summed E-state index contributed by atoms with van der Waals surface area (Å²) in [5.74, 6) is -0.259. The third-order valence-corrected chi connectivity index (χ3v) is 3.29. The first-order valence-corrected chi connectivity index (χ1v) is 7.29. The minimum absolute atomic E-state index is 0.0849. The summed E-state index contributed by atoms with van der Waals surface area (Å²) in [4.78, 5) is 13.6. The van der Waals surface area contributed by atoms with Gasteiger partial charge >= 0.3 is 6.03 Å². The molecule has 20 heavy (non-hydrogen) atoms. The van der Waals surface area contributed by atoms with Gasteiger partial charge in [0.25, 0.3) is 0 Å². The lowest BCUT2D eigenvalue weighted by atomic mass is 10.1. The van der Waals surface area contributed by atoms with Crippen molar-refractivity contribution in [3.05, 3.63) is 35.6 Å². The average Bonchev–Trinajstić information content (AvgIpc) is 2.41. The Bertz CT molecular complexity index is 405. The number of amides is 2. The third-order valence-electron chi connectivity index (χ3n) is 3.29. The molecule has 1 atom stereocenters. The van der Waals surface area contributed by atoms with Crippen molar-refractivity contribution in [2.45, 2.75) is 52.1 Å². The third kappa shape index (κ3) is 6.04. The fourth-order valence-electron chi connectivity index (χ4n) is 2.03. The van der Waals surface area contributed by atoms with E-state index in [0.717, 1.165) is 18.4 Å². The summed E-state index contributed by atoms with van der Waals surface area (Å²) in [6.07, 6.45) is 4.53. The number of halogens is 1. The molecular formula is C16H25FN2O. The number of hydrogen-bond donors (Lipinski definition) is 1. The van der Waals surface area contributed by atoms with Crippen LogP contribution in [-0.4, -0.2) is 24.0 Å². The molecule has 0 bridgehead atoms. The molecule has 0 radical (unpaired) electrons. The molecule has 4 heteroatoms. The Kier molecular flexibility index (Phi) is 7.05. The molecule has 3 nitrogen and oxygen atoms in total. The smallest absolute Gasteiger partial charge is 0.317 e. The van der Waals surface area contributed by atoms with Gasteiger partial charge in [-0.15, -0.1) is 0 Å². The zero-order valence-corrected chi connectivity index (χ0v) is 12.7. The number of unbranched alkanes of at least 4 members (excludes halogenated alkanes) is 2. The number of carbonyl (C=O) groups excluding carboxylic acids is 1. The van der Waals surface area contributed by atoms with Gasteiger partial charge in [0.1, 0.15) is 5.82 Å². The number of nitrogens with one attached hydrogen (secondary N) is 1. The highest BCUT2D eigenvalue weighted by Crippen LogP contribution is 2.07. The maximum atomic E-state index is 12.8. The SMILES string of the molecule is CCCCCC(C)NC(=O)N(C)Cc1ccc(F)cc1. The Balaban J connectivity index is 2.36. The number of rotatable bonds is 7. The van der Waals surface area contributed by atoms with Crippen molar-refractivity contribution < 1.29 is 9.18 Å². The van der Waals surface area contributed by atoms with Crippen molar-refractivity contribution in [1.29, 1.82) is 0 Å². The van der Waals surface area contributed by atoms with Crippen molar-refractivity contribution >= 4 is 6.03 Å². The summed E-state index contributed by atoms with van der Waals surface area (Å²) in [7, 11) is 1.75. The average molecular weight is 280 g/mol. The summed E-state index contributed by atoms with van der Waals surface area (Å²) in [6, 6.07) is 6.32. The summed E-state index contributed by atoms with van der Waals surface area (Å²) in [6.45, 7) is 4.67. The molecule has 0 aromatic heterocycles. The van der Waals surface area contributed by atoms with Gasteiger partial charge in [0.15, 0.2) is 0 Å². The van der Waals surface area contributed by atoms with E-state index in [2.05, 4.69) is 12.2 Å². The van der Waals surface area contributed by atoms with Crippen molar-refractivity contribution in [2.24, 2.45) is 0 Å². The predicted molar refractivity (Wildman–Crippen MR) is 80.0 cm³/mol. The molecule has 0 fully saturated rings. The molecule has 0 heterocycles. The molecule has 0 saturated carbocycles. The Hall–Kier alpha value is -1.58. The quantitative estimate of drug-likeness (QED) is 0.754. The van der Waals surface area contributed by atoms with Crippen molar-refractivity contribution in [1.82, 2.24) is 10.2 Å². The largest absolute Gasteiger partial charge is 0.336 e. The normalized spacial score (nSPS) is 12.0. The molecule has 1 aromatic carbocycles. The maximum Gasteiger partial charge on any atom is 0.317 e. The van der Waals surface area contributed by atoms with Crippen LogP contribution in [0.5, 0.6) is 0 Å². The monoisotopic (exact) mass is 280 g/mol. The molecule has 0 spiro atoms. The van der Waals surface area contributed by atoms with Gasteiger partial charge in [-0.1, -0.05) is 38.3 Å². The Morgan fingerprint density at radius 2 is 1.95 bits per heavy atom. The minimum atomic E-state index is -0.259. The second kappa shape index (κ2) is 8.56. The van der Waals surface area contributed by atoms with E-state index in [4.69, 9.17) is 0 Å². The number of benzene rings is 1. The molecule has 0 aliphatic heterocycles. The van der Waals surface area contributed by atoms with Crippen LogP contribution >= 0.6 is 0 Å². The lowest BCUT2D eigenvalue weighted by molar-refractivity contribution is 0.202. The molecule has 0 saturated heterocycles. The lowest BCUT2D eigenvalue weighted by Gasteiger charge is -2.21. The van der Waals surface area contributed by atoms with Gasteiger partial charge in [-0.3, -0.25) is 0 Å². The van der Waals surface area contributed by atoms with Crippen LogP contribution in [0.4, 0.5) is 9.18 Å². The van der Waals surface area contributed by atoms with Crippen LogP contribution in [0.3, 0.4) is 0 Å². The highest BCUT2D eigenvalue weighted by atomic mass is 19.1. The van der Waals surface area contributed by atoms with E-state index >= 15 is 0 Å². The van der Waals surface area contributed by atoms with Gasteiger partial charge in [-0.2, -0.15) is 0 Å². The van der Waals surface area contributed by atoms with Crippen LogP contribution in [0.25, 0.3) is 0 Å². The molecule has 1 unspecified atom stereocenters. The molecule has 2 amide bonds. The van der Waals surface area contributed by atoms with Crippen molar-refractivity contribution in [2.75, 3.05) is 7.05 Å². The summed E-state index contributed by atoms with van der Waals surface area (Å²) in [5, 5.41) is 2.98. The second-order valence-corrected chi connectivity index (χ2v) is 5.33. The van der Waals surface area contributed by atoms with Gasteiger partial charge in [0.05, 0.1) is 0 Å². The first kappa shape index (κ1) is 16.5. The van der Waals surface area contributed by atoms with E-state index < -0.39 is 0 Å². The Labute approximate surface area is 121 Å². The van der Waals surface area contributed by atoms with Gasteiger partial charge in [-0.25, -0.2) is 9.18 Å². The van der Waals surface area contributed by atoms with E-state index in [1.54, 1.807) is 24.1 Å². The molecule has 0 aliphatic rings. The first-order chi connectivity index (χ1) is 9.52. The van der Waals surface area contributed by atoms with Gasteiger partial charge in [0.2, 0.25) is 0 Å². The molecule has 1 rings (SSSR count). The highest BCUT2D eigenvalue weighted by Gasteiger charge is 2.12. The van der Waals surface area contributed by atoms with Crippen LogP contribution in [0, 0.1) is 5.82 Å². The second-order valence-electron chi connectivity index (χ2n) is 5.33. The number of urea groups is 1. The van der Waals surface area contributed by atoms with Crippen LogP contribution in [0.2, 0.25) is 0 Å². The predicted octanol–water partition coefficient (Wildman–Crippen LogP) is 3.94. The van der Waals surface area contributed by atoms with Crippen LogP contribution in [0.15, 0.2) is 24.3 Å². The first-order valence-electron chi connectivity index (χ1n) is 7.29. The highest BCUT2D eigenvalue weighted by molar-refractivity contribution is 5.74. The molecule has 112 valence electrons. The summed E-state index contributed by atoms with van der Waals surface area (Å²) in [5.41, 5.74) is 0.919. The maximum absolute atomic E-state index is 12.8.